The van der Waals surface area contributed by atoms with Gasteiger partial charge >= 0.3 is 0 Å². The number of nitrogens with one attached hydrogen (secondary N) is 1. The van der Waals surface area contributed by atoms with Crippen LogP contribution in [0.3, 0.4) is 0 Å². The molecule has 0 aliphatic rings. The molecule has 1 amide bonds. The molecule has 106 valence electrons. The van der Waals surface area contributed by atoms with Gasteiger partial charge in [-0.25, -0.2) is 4.98 Å². The van der Waals surface area contributed by atoms with Crippen molar-refractivity contribution < 1.29 is 9.53 Å². The molecule has 0 atom stereocenters. The van der Waals surface area contributed by atoms with Crippen LogP contribution in [0.5, 0.6) is 0 Å². The first-order valence-corrected chi connectivity index (χ1v) is 6.80. The van der Waals surface area contributed by atoms with Gasteiger partial charge in [-0.2, -0.15) is 0 Å². The second-order valence-corrected chi connectivity index (χ2v) is 4.01. The summed E-state index contributed by atoms with van der Waals surface area (Å²) in [6.45, 7) is 9.12. The van der Waals surface area contributed by atoms with E-state index in [9.17, 15) is 4.79 Å². The molecule has 19 heavy (non-hydrogen) atoms. The first-order chi connectivity index (χ1) is 9.24. The van der Waals surface area contributed by atoms with Crippen LogP contribution in [0.2, 0.25) is 0 Å². The maximum atomic E-state index is 12.5. The lowest BCUT2D eigenvalue weighted by atomic mass is 10.2. The zero-order valence-electron chi connectivity index (χ0n) is 12.0. The standard InChI is InChI=1S/C14H23N3O2/c1-4-15-13-12(8-7-9-16-13)14(18)17(5-2)10-11-19-6-3/h7-9H,4-6,10-11H2,1-3H3,(H,15,16). The predicted octanol–water partition coefficient (Wildman–Crippen LogP) is 2.01. The average molecular weight is 265 g/mol. The molecule has 0 saturated carbocycles. The fourth-order valence-corrected chi connectivity index (χ4v) is 1.78. The highest BCUT2D eigenvalue weighted by atomic mass is 16.5. The zero-order valence-corrected chi connectivity index (χ0v) is 12.0. The molecule has 0 aliphatic heterocycles. The molecule has 1 aromatic rings. The molecule has 0 unspecified atom stereocenters. The Bertz CT molecular complexity index is 396. The molecule has 5 nitrogen and oxygen atoms in total. The smallest absolute Gasteiger partial charge is 0.257 e. The third kappa shape index (κ3) is 4.52. The van der Waals surface area contributed by atoms with E-state index in [4.69, 9.17) is 4.74 Å². The summed E-state index contributed by atoms with van der Waals surface area (Å²) in [7, 11) is 0. The van der Waals surface area contributed by atoms with E-state index in [0.29, 0.717) is 37.7 Å². The van der Waals surface area contributed by atoms with Gasteiger partial charge in [-0.05, 0) is 32.9 Å². The van der Waals surface area contributed by atoms with Crippen molar-refractivity contribution in [2.45, 2.75) is 20.8 Å². The second kappa shape index (κ2) is 8.48. The number of hydrogen-bond acceptors (Lipinski definition) is 4. The fourth-order valence-electron chi connectivity index (χ4n) is 1.78. The quantitative estimate of drug-likeness (QED) is 0.731. The first-order valence-electron chi connectivity index (χ1n) is 6.80. The van der Waals surface area contributed by atoms with Crippen LogP contribution in [0.15, 0.2) is 18.3 Å². The van der Waals surface area contributed by atoms with Crippen molar-refractivity contribution in [1.82, 2.24) is 9.88 Å². The van der Waals surface area contributed by atoms with E-state index in [2.05, 4.69) is 10.3 Å². The SMILES string of the molecule is CCNc1ncccc1C(=O)N(CC)CCOCC. The molecule has 0 aliphatic carbocycles. The number of aromatic nitrogens is 1. The number of amides is 1. The highest BCUT2D eigenvalue weighted by molar-refractivity contribution is 5.98. The minimum absolute atomic E-state index is 0.00810. The highest BCUT2D eigenvalue weighted by Crippen LogP contribution is 2.14. The number of carbonyl (C=O) groups is 1. The molecule has 1 aromatic heterocycles. The molecule has 1 heterocycles. The largest absolute Gasteiger partial charge is 0.380 e. The van der Waals surface area contributed by atoms with E-state index in [1.54, 1.807) is 23.2 Å². The normalized spacial score (nSPS) is 10.3. The predicted molar refractivity (Wildman–Crippen MR) is 76.5 cm³/mol. The number of ether oxygens (including phenoxy) is 1. The number of rotatable bonds is 8. The van der Waals surface area contributed by atoms with E-state index in [1.807, 2.05) is 20.8 Å². The van der Waals surface area contributed by atoms with Crippen LogP contribution in [-0.4, -0.2) is 48.6 Å². The van der Waals surface area contributed by atoms with Crippen molar-refractivity contribution in [2.75, 3.05) is 38.2 Å². The van der Waals surface area contributed by atoms with Crippen LogP contribution in [0.1, 0.15) is 31.1 Å². The summed E-state index contributed by atoms with van der Waals surface area (Å²) < 4.78 is 5.30. The molecule has 5 heteroatoms. The summed E-state index contributed by atoms with van der Waals surface area (Å²) in [6, 6.07) is 3.58. The summed E-state index contributed by atoms with van der Waals surface area (Å²) >= 11 is 0. The van der Waals surface area contributed by atoms with Crippen LogP contribution >= 0.6 is 0 Å². The van der Waals surface area contributed by atoms with Gasteiger partial charge in [-0.1, -0.05) is 0 Å². The van der Waals surface area contributed by atoms with Crippen LogP contribution < -0.4 is 5.32 Å². The van der Waals surface area contributed by atoms with Gasteiger partial charge in [0, 0.05) is 32.4 Å². The minimum Gasteiger partial charge on any atom is -0.380 e. The van der Waals surface area contributed by atoms with E-state index < -0.39 is 0 Å². The Morgan fingerprint density at radius 3 is 2.84 bits per heavy atom. The lowest BCUT2D eigenvalue weighted by molar-refractivity contribution is 0.0670. The number of anilines is 1. The molecule has 1 rings (SSSR count). The Kier molecular flexibility index (Phi) is 6.89. The van der Waals surface area contributed by atoms with Gasteiger partial charge in [0.15, 0.2) is 0 Å². The van der Waals surface area contributed by atoms with Crippen molar-refractivity contribution >= 4 is 11.7 Å². The summed E-state index contributed by atoms with van der Waals surface area (Å²) in [4.78, 5) is 18.4. The van der Waals surface area contributed by atoms with E-state index in [0.717, 1.165) is 6.54 Å². The summed E-state index contributed by atoms with van der Waals surface area (Å²) in [5.74, 6) is 0.635. The Hall–Kier alpha value is -1.62. The van der Waals surface area contributed by atoms with E-state index in [1.165, 1.54) is 0 Å². The van der Waals surface area contributed by atoms with Gasteiger partial charge in [-0.15, -0.1) is 0 Å². The molecule has 0 radical (unpaired) electrons. The highest BCUT2D eigenvalue weighted by Gasteiger charge is 2.17. The third-order valence-electron chi connectivity index (χ3n) is 2.76. The summed E-state index contributed by atoms with van der Waals surface area (Å²) in [6.07, 6.45) is 1.69. The van der Waals surface area contributed by atoms with E-state index >= 15 is 0 Å². The molecular weight excluding hydrogens is 242 g/mol. The van der Waals surface area contributed by atoms with Crippen molar-refractivity contribution in [2.24, 2.45) is 0 Å². The molecule has 0 aromatic carbocycles. The van der Waals surface area contributed by atoms with Crippen molar-refractivity contribution in [1.29, 1.82) is 0 Å². The van der Waals surface area contributed by atoms with E-state index in [-0.39, 0.29) is 5.91 Å². The Morgan fingerprint density at radius 1 is 1.42 bits per heavy atom. The lowest BCUT2D eigenvalue weighted by Gasteiger charge is -2.21. The second-order valence-electron chi connectivity index (χ2n) is 4.01. The van der Waals surface area contributed by atoms with Gasteiger partial charge < -0.3 is 15.0 Å². The fraction of sp³-hybridized carbons (Fsp3) is 0.571. The van der Waals surface area contributed by atoms with Crippen LogP contribution in [-0.2, 0) is 4.74 Å². The topological polar surface area (TPSA) is 54.5 Å². The third-order valence-corrected chi connectivity index (χ3v) is 2.76. The molecule has 0 saturated heterocycles. The first kappa shape index (κ1) is 15.4. The number of pyridine rings is 1. The van der Waals surface area contributed by atoms with Crippen LogP contribution in [0.4, 0.5) is 5.82 Å². The monoisotopic (exact) mass is 265 g/mol. The van der Waals surface area contributed by atoms with Crippen LogP contribution in [0.25, 0.3) is 0 Å². The van der Waals surface area contributed by atoms with Crippen molar-refractivity contribution in [3.63, 3.8) is 0 Å². The maximum Gasteiger partial charge on any atom is 0.257 e. The number of nitrogens with zero attached hydrogens (tertiary/aromatic N) is 2. The van der Waals surface area contributed by atoms with Gasteiger partial charge in [-0.3, -0.25) is 4.79 Å². The number of likely N-dealkylation sites (N-methyl/N-ethyl adjacent to an activating group) is 1. The van der Waals surface area contributed by atoms with Gasteiger partial charge in [0.1, 0.15) is 5.82 Å². The maximum absolute atomic E-state index is 12.5. The Labute approximate surface area is 115 Å². The van der Waals surface area contributed by atoms with Crippen LogP contribution in [0, 0.1) is 0 Å². The zero-order chi connectivity index (χ0) is 14.1. The van der Waals surface area contributed by atoms with Gasteiger partial charge in [0.05, 0.1) is 12.2 Å². The molecule has 1 N–H and O–H groups in total. The number of hydrogen-bond donors (Lipinski definition) is 1. The molecule has 0 spiro atoms. The average Bonchev–Trinajstić information content (AvgIpc) is 2.44. The van der Waals surface area contributed by atoms with Gasteiger partial charge in [0.25, 0.3) is 5.91 Å². The Morgan fingerprint density at radius 2 is 2.21 bits per heavy atom. The molecule has 0 fully saturated rings. The lowest BCUT2D eigenvalue weighted by Crippen LogP contribution is -2.34. The summed E-state index contributed by atoms with van der Waals surface area (Å²) in [5, 5.41) is 3.11. The summed E-state index contributed by atoms with van der Waals surface area (Å²) in [5.41, 5.74) is 0.614. The number of carbonyl (C=O) groups excluding carboxylic acids is 1. The Balaban J connectivity index is 2.78. The molecular formula is C14H23N3O2. The minimum atomic E-state index is -0.00810. The van der Waals surface area contributed by atoms with Gasteiger partial charge in [0.2, 0.25) is 0 Å². The van der Waals surface area contributed by atoms with Crippen molar-refractivity contribution in [3.8, 4) is 0 Å². The molecule has 0 bridgehead atoms. The van der Waals surface area contributed by atoms with Crippen molar-refractivity contribution in [3.05, 3.63) is 23.9 Å².